The van der Waals surface area contributed by atoms with E-state index < -0.39 is 4.84 Å². The summed E-state index contributed by atoms with van der Waals surface area (Å²) in [6.07, 6.45) is 0. The van der Waals surface area contributed by atoms with Gasteiger partial charge in [0.2, 0.25) is 0 Å². The van der Waals surface area contributed by atoms with Crippen LogP contribution in [0.15, 0.2) is 22.7 Å². The van der Waals surface area contributed by atoms with Crippen LogP contribution < -0.4 is 4.74 Å². The molecule has 0 radical (unpaired) electrons. The van der Waals surface area contributed by atoms with Crippen LogP contribution in [0, 0.1) is 0 Å². The average molecular weight is 270 g/mol. The molecule has 1 rings (SSSR count). The molecule has 12 heavy (non-hydrogen) atoms. The molecule has 0 N–H and O–H groups in total. The van der Waals surface area contributed by atoms with Crippen LogP contribution in [0.1, 0.15) is 10.4 Å². The van der Waals surface area contributed by atoms with Crippen molar-refractivity contribution < 1.29 is 4.74 Å². The second-order valence-electron chi connectivity index (χ2n) is 2.19. The Morgan fingerprint density at radius 2 is 2.08 bits per heavy atom. The predicted octanol–water partition coefficient (Wildman–Crippen LogP) is 3.93. The third-order valence-corrected chi connectivity index (χ3v) is 2.59. The number of hydrogen-bond acceptors (Lipinski definition) is 1. The van der Waals surface area contributed by atoms with Gasteiger partial charge in [0.15, 0.2) is 0 Å². The van der Waals surface area contributed by atoms with Gasteiger partial charge in [-0.15, -0.1) is 23.2 Å². The zero-order valence-corrected chi connectivity index (χ0v) is 9.45. The predicted molar refractivity (Wildman–Crippen MR) is 55.1 cm³/mol. The third kappa shape index (κ3) is 2.28. The highest BCUT2D eigenvalue weighted by Crippen LogP contribution is 2.32. The lowest BCUT2D eigenvalue weighted by atomic mass is 10.2. The maximum absolute atomic E-state index is 5.68. The molecule has 0 aliphatic rings. The smallest absolute Gasteiger partial charge is 0.133 e. The maximum Gasteiger partial charge on any atom is 0.133 e. The lowest BCUT2D eigenvalue weighted by Gasteiger charge is -2.06. The molecule has 0 atom stereocenters. The number of halogens is 3. The van der Waals surface area contributed by atoms with Crippen LogP contribution in [0.3, 0.4) is 0 Å². The topological polar surface area (TPSA) is 9.23 Å². The number of benzene rings is 1. The summed E-state index contributed by atoms with van der Waals surface area (Å²) in [6, 6.07) is 5.50. The van der Waals surface area contributed by atoms with Crippen LogP contribution in [-0.4, -0.2) is 7.11 Å². The fourth-order valence-electron chi connectivity index (χ4n) is 0.812. The molecule has 0 amide bonds. The summed E-state index contributed by atoms with van der Waals surface area (Å²) in [7, 11) is 1.60. The fraction of sp³-hybridized carbons (Fsp3) is 0.250. The van der Waals surface area contributed by atoms with Gasteiger partial charge < -0.3 is 4.74 Å². The van der Waals surface area contributed by atoms with Gasteiger partial charge in [0.1, 0.15) is 10.6 Å². The monoisotopic (exact) mass is 268 g/mol. The molecular formula is C8H7BrCl2O. The first-order chi connectivity index (χ1) is 5.65. The lowest BCUT2D eigenvalue weighted by Crippen LogP contribution is -1.87. The summed E-state index contributed by atoms with van der Waals surface area (Å²) in [5.74, 6) is 0.735. The number of methoxy groups -OCH3 is 1. The molecule has 0 fully saturated rings. The Bertz CT molecular complexity index is 276. The minimum atomic E-state index is -0.507. The van der Waals surface area contributed by atoms with E-state index in [-0.39, 0.29) is 0 Å². The third-order valence-electron chi connectivity index (χ3n) is 1.43. The Morgan fingerprint density at radius 3 is 2.58 bits per heavy atom. The summed E-state index contributed by atoms with van der Waals surface area (Å²) in [6.45, 7) is 0. The van der Waals surface area contributed by atoms with Crippen molar-refractivity contribution in [2.75, 3.05) is 7.11 Å². The van der Waals surface area contributed by atoms with Gasteiger partial charge in [-0.3, -0.25) is 0 Å². The van der Waals surface area contributed by atoms with Crippen LogP contribution in [0.4, 0.5) is 0 Å². The number of hydrogen-bond donors (Lipinski definition) is 0. The van der Waals surface area contributed by atoms with E-state index >= 15 is 0 Å². The second kappa shape index (κ2) is 4.35. The van der Waals surface area contributed by atoms with Crippen LogP contribution in [-0.2, 0) is 0 Å². The molecule has 0 unspecified atom stereocenters. The minimum Gasteiger partial charge on any atom is -0.496 e. The van der Waals surface area contributed by atoms with E-state index in [1.165, 1.54) is 0 Å². The molecule has 1 nitrogen and oxygen atoms in total. The Hall–Kier alpha value is 0.0800. The lowest BCUT2D eigenvalue weighted by molar-refractivity contribution is 0.412. The zero-order chi connectivity index (χ0) is 9.14. The summed E-state index contributed by atoms with van der Waals surface area (Å²) in [4.78, 5) is -0.507. The minimum absolute atomic E-state index is 0.507. The van der Waals surface area contributed by atoms with Crippen LogP contribution >= 0.6 is 39.1 Å². The Kier molecular flexibility index (Phi) is 3.69. The largest absolute Gasteiger partial charge is 0.496 e. The Labute approximate surface area is 89.7 Å². The van der Waals surface area contributed by atoms with Crippen LogP contribution in [0.5, 0.6) is 5.75 Å². The van der Waals surface area contributed by atoms with Gasteiger partial charge in [0.05, 0.1) is 11.6 Å². The van der Waals surface area contributed by atoms with Crippen LogP contribution in [0.2, 0.25) is 0 Å². The zero-order valence-electron chi connectivity index (χ0n) is 6.35. The van der Waals surface area contributed by atoms with E-state index in [1.54, 1.807) is 13.2 Å². The molecule has 0 saturated heterocycles. The van der Waals surface area contributed by atoms with Gasteiger partial charge in [-0.2, -0.15) is 0 Å². The van der Waals surface area contributed by atoms with Crippen molar-refractivity contribution in [1.82, 2.24) is 0 Å². The SMILES string of the molecule is COc1cc(C(Cl)Cl)ccc1Br. The van der Waals surface area contributed by atoms with Gasteiger partial charge in [-0.05, 0) is 33.6 Å². The molecule has 4 heteroatoms. The van der Waals surface area contributed by atoms with E-state index in [0.717, 1.165) is 15.8 Å². The average Bonchev–Trinajstić information content (AvgIpc) is 2.05. The van der Waals surface area contributed by atoms with E-state index in [9.17, 15) is 0 Å². The number of alkyl halides is 2. The molecule has 0 saturated carbocycles. The van der Waals surface area contributed by atoms with Crippen molar-refractivity contribution in [3.63, 3.8) is 0 Å². The highest BCUT2D eigenvalue weighted by molar-refractivity contribution is 9.10. The van der Waals surface area contributed by atoms with Crippen molar-refractivity contribution in [3.8, 4) is 5.75 Å². The number of rotatable bonds is 2. The first kappa shape index (κ1) is 10.2. The Balaban J connectivity index is 3.05. The van der Waals surface area contributed by atoms with Crippen molar-refractivity contribution in [1.29, 1.82) is 0 Å². The molecule has 0 aliphatic carbocycles. The van der Waals surface area contributed by atoms with E-state index in [1.807, 2.05) is 12.1 Å². The summed E-state index contributed by atoms with van der Waals surface area (Å²) >= 11 is 14.7. The van der Waals surface area contributed by atoms with Crippen LogP contribution in [0.25, 0.3) is 0 Å². The van der Waals surface area contributed by atoms with Gasteiger partial charge >= 0.3 is 0 Å². The molecule has 0 spiro atoms. The van der Waals surface area contributed by atoms with E-state index in [4.69, 9.17) is 27.9 Å². The van der Waals surface area contributed by atoms with Gasteiger partial charge in [-0.25, -0.2) is 0 Å². The molecule has 66 valence electrons. The molecule has 0 aromatic heterocycles. The highest BCUT2D eigenvalue weighted by atomic mass is 79.9. The maximum atomic E-state index is 5.68. The summed E-state index contributed by atoms with van der Waals surface area (Å²) < 4.78 is 5.96. The van der Waals surface area contributed by atoms with Gasteiger partial charge in [0, 0.05) is 0 Å². The molecule has 0 heterocycles. The highest BCUT2D eigenvalue weighted by Gasteiger charge is 2.06. The van der Waals surface area contributed by atoms with Crippen molar-refractivity contribution in [2.24, 2.45) is 0 Å². The first-order valence-corrected chi connectivity index (χ1v) is 4.93. The first-order valence-electron chi connectivity index (χ1n) is 3.26. The van der Waals surface area contributed by atoms with Gasteiger partial charge in [-0.1, -0.05) is 6.07 Å². The normalized spacial score (nSPS) is 10.4. The summed E-state index contributed by atoms with van der Waals surface area (Å²) in [5.41, 5.74) is 0.832. The molecule has 1 aromatic rings. The molecule has 0 bridgehead atoms. The standard InChI is InChI=1S/C8H7BrCl2O/c1-12-7-4-5(8(10)11)2-3-6(7)9/h2-4,8H,1H3. The molecule has 0 aliphatic heterocycles. The van der Waals surface area contributed by atoms with Crippen molar-refractivity contribution in [3.05, 3.63) is 28.2 Å². The molecule has 1 aromatic carbocycles. The van der Waals surface area contributed by atoms with Crippen molar-refractivity contribution >= 4 is 39.1 Å². The summed E-state index contributed by atoms with van der Waals surface area (Å²) in [5, 5.41) is 0. The quantitative estimate of drug-likeness (QED) is 0.739. The number of ether oxygens (including phenoxy) is 1. The van der Waals surface area contributed by atoms with Gasteiger partial charge in [0.25, 0.3) is 0 Å². The van der Waals surface area contributed by atoms with Crippen molar-refractivity contribution in [2.45, 2.75) is 4.84 Å². The Morgan fingerprint density at radius 1 is 1.42 bits per heavy atom. The fourth-order valence-corrected chi connectivity index (χ4v) is 1.49. The second-order valence-corrected chi connectivity index (χ2v) is 4.15. The van der Waals surface area contributed by atoms with E-state index in [0.29, 0.717) is 0 Å². The van der Waals surface area contributed by atoms with E-state index in [2.05, 4.69) is 15.9 Å². The molecular weight excluding hydrogens is 263 g/mol.